The highest BCUT2D eigenvalue weighted by Gasteiger charge is 2.19. The molecule has 0 unspecified atom stereocenters. The van der Waals surface area contributed by atoms with Crippen molar-refractivity contribution in [2.24, 2.45) is 0 Å². The minimum absolute atomic E-state index is 0.0689. The molecule has 0 bridgehead atoms. The first-order chi connectivity index (χ1) is 13.2. The summed E-state index contributed by atoms with van der Waals surface area (Å²) in [7, 11) is 0. The predicted octanol–water partition coefficient (Wildman–Crippen LogP) is 2.96. The van der Waals surface area contributed by atoms with Gasteiger partial charge in [0, 0.05) is 24.9 Å². The smallest absolute Gasteiger partial charge is 0.223 e. The SMILES string of the molecule is N#CCCN(Cc1ccco1)C(=O)CCC(=O)c1ccc2c(c1)OCCO2. The largest absolute Gasteiger partial charge is 0.486 e. The van der Waals surface area contributed by atoms with E-state index in [0.717, 1.165) is 0 Å². The molecular formula is C20H20N2O5. The maximum atomic E-state index is 12.5. The highest BCUT2D eigenvalue weighted by molar-refractivity contribution is 5.98. The molecule has 3 rings (SSSR count). The maximum absolute atomic E-state index is 12.5. The number of carbonyl (C=O) groups excluding carboxylic acids is 2. The van der Waals surface area contributed by atoms with Crippen LogP contribution in [0.2, 0.25) is 0 Å². The van der Waals surface area contributed by atoms with E-state index in [9.17, 15) is 9.59 Å². The Labute approximate surface area is 157 Å². The third-order valence-electron chi connectivity index (χ3n) is 4.20. The van der Waals surface area contributed by atoms with Crippen molar-refractivity contribution in [1.29, 1.82) is 5.26 Å². The van der Waals surface area contributed by atoms with Gasteiger partial charge in [0.05, 0.1) is 25.3 Å². The Morgan fingerprint density at radius 1 is 1.11 bits per heavy atom. The normalized spacial score (nSPS) is 12.3. The Balaban J connectivity index is 1.59. The summed E-state index contributed by atoms with van der Waals surface area (Å²) in [4.78, 5) is 26.5. The van der Waals surface area contributed by atoms with Crippen molar-refractivity contribution in [3.05, 3.63) is 47.9 Å². The van der Waals surface area contributed by atoms with Crippen LogP contribution in [-0.4, -0.2) is 36.3 Å². The van der Waals surface area contributed by atoms with E-state index in [1.165, 1.54) is 6.26 Å². The fourth-order valence-electron chi connectivity index (χ4n) is 2.81. The van der Waals surface area contributed by atoms with E-state index < -0.39 is 0 Å². The zero-order valence-electron chi connectivity index (χ0n) is 14.8. The maximum Gasteiger partial charge on any atom is 0.223 e. The Bertz CT molecular complexity index is 839. The minimum atomic E-state index is -0.187. The molecule has 2 heterocycles. The molecular weight excluding hydrogens is 348 g/mol. The number of ether oxygens (including phenoxy) is 2. The number of benzene rings is 1. The van der Waals surface area contributed by atoms with E-state index in [1.807, 2.05) is 6.07 Å². The van der Waals surface area contributed by atoms with Crippen LogP contribution < -0.4 is 9.47 Å². The van der Waals surface area contributed by atoms with Crippen LogP contribution in [0.4, 0.5) is 0 Å². The molecule has 1 aromatic carbocycles. The number of fused-ring (bicyclic) bond motifs is 1. The average Bonchev–Trinajstić information content (AvgIpc) is 3.21. The summed E-state index contributed by atoms with van der Waals surface area (Å²) >= 11 is 0. The van der Waals surface area contributed by atoms with Gasteiger partial charge in [-0.2, -0.15) is 5.26 Å². The second-order valence-electron chi connectivity index (χ2n) is 6.08. The first-order valence-corrected chi connectivity index (χ1v) is 8.77. The number of hydrogen-bond donors (Lipinski definition) is 0. The molecule has 1 aliphatic rings. The number of hydrogen-bond acceptors (Lipinski definition) is 6. The van der Waals surface area contributed by atoms with Crippen molar-refractivity contribution in [3.8, 4) is 17.6 Å². The Hall–Kier alpha value is -3.27. The predicted molar refractivity (Wildman–Crippen MR) is 95.4 cm³/mol. The van der Waals surface area contributed by atoms with Gasteiger partial charge >= 0.3 is 0 Å². The van der Waals surface area contributed by atoms with Gasteiger partial charge < -0.3 is 18.8 Å². The van der Waals surface area contributed by atoms with Gasteiger partial charge in [0.15, 0.2) is 17.3 Å². The minimum Gasteiger partial charge on any atom is -0.486 e. The standard InChI is InChI=1S/C20H20N2O5/c21-8-2-9-22(14-16-3-1-10-25-16)20(24)7-5-17(23)15-4-6-18-19(13-15)27-12-11-26-18/h1,3-4,6,10,13H,2,5,7,9,11-12,14H2. The Morgan fingerprint density at radius 3 is 2.67 bits per heavy atom. The van der Waals surface area contributed by atoms with Gasteiger partial charge in [-0.1, -0.05) is 0 Å². The number of Topliss-reactive ketones (excluding diaryl/α,β-unsaturated/α-hetero) is 1. The summed E-state index contributed by atoms with van der Waals surface area (Å²) in [6.07, 6.45) is 1.91. The molecule has 0 spiro atoms. The fourth-order valence-corrected chi connectivity index (χ4v) is 2.81. The lowest BCUT2D eigenvalue weighted by Gasteiger charge is -2.20. The van der Waals surface area contributed by atoms with E-state index in [1.54, 1.807) is 35.2 Å². The van der Waals surface area contributed by atoms with Crippen molar-refractivity contribution < 1.29 is 23.5 Å². The summed E-state index contributed by atoms with van der Waals surface area (Å²) in [5.41, 5.74) is 0.488. The summed E-state index contributed by atoms with van der Waals surface area (Å²) < 4.78 is 16.2. The summed E-state index contributed by atoms with van der Waals surface area (Å²) in [5.74, 6) is 1.48. The lowest BCUT2D eigenvalue weighted by molar-refractivity contribution is -0.132. The van der Waals surface area contributed by atoms with Crippen LogP contribution >= 0.6 is 0 Å². The highest BCUT2D eigenvalue weighted by atomic mass is 16.6. The van der Waals surface area contributed by atoms with Crippen molar-refractivity contribution in [1.82, 2.24) is 4.90 Å². The van der Waals surface area contributed by atoms with Gasteiger partial charge in [-0.3, -0.25) is 9.59 Å². The van der Waals surface area contributed by atoms with Crippen LogP contribution in [-0.2, 0) is 11.3 Å². The van der Waals surface area contributed by atoms with E-state index >= 15 is 0 Å². The van der Waals surface area contributed by atoms with Gasteiger partial charge in [0.1, 0.15) is 19.0 Å². The molecule has 140 valence electrons. The molecule has 7 heteroatoms. The number of rotatable bonds is 8. The van der Waals surface area contributed by atoms with E-state index in [0.29, 0.717) is 42.6 Å². The zero-order chi connectivity index (χ0) is 19.1. The fraction of sp³-hybridized carbons (Fsp3) is 0.350. The second kappa shape index (κ2) is 8.90. The average molecular weight is 368 g/mol. The number of furan rings is 1. The van der Waals surface area contributed by atoms with Gasteiger partial charge in [-0.15, -0.1) is 0 Å². The molecule has 2 aromatic rings. The molecule has 1 amide bonds. The zero-order valence-corrected chi connectivity index (χ0v) is 14.8. The molecule has 0 saturated carbocycles. The van der Waals surface area contributed by atoms with Gasteiger partial charge in [0.25, 0.3) is 0 Å². The van der Waals surface area contributed by atoms with Crippen LogP contribution in [0.3, 0.4) is 0 Å². The van der Waals surface area contributed by atoms with Gasteiger partial charge in [-0.25, -0.2) is 0 Å². The van der Waals surface area contributed by atoms with Crippen molar-refractivity contribution in [2.75, 3.05) is 19.8 Å². The van der Waals surface area contributed by atoms with Gasteiger partial charge in [0.2, 0.25) is 5.91 Å². The second-order valence-corrected chi connectivity index (χ2v) is 6.08. The van der Waals surface area contributed by atoms with E-state index in [4.69, 9.17) is 19.2 Å². The van der Waals surface area contributed by atoms with Crippen LogP contribution in [0.5, 0.6) is 11.5 Å². The molecule has 1 aliphatic heterocycles. The number of amides is 1. The van der Waals surface area contributed by atoms with Crippen molar-refractivity contribution in [3.63, 3.8) is 0 Å². The molecule has 1 aromatic heterocycles. The summed E-state index contributed by atoms with van der Waals surface area (Å²) in [6, 6.07) is 10.6. The third kappa shape index (κ3) is 4.88. The molecule has 0 aliphatic carbocycles. The Kier molecular flexibility index (Phi) is 6.10. The molecule has 0 N–H and O–H groups in total. The molecule has 27 heavy (non-hydrogen) atoms. The molecule has 0 saturated heterocycles. The van der Waals surface area contributed by atoms with E-state index in [-0.39, 0.29) is 37.5 Å². The van der Waals surface area contributed by atoms with Crippen LogP contribution in [0.1, 0.15) is 35.4 Å². The third-order valence-corrected chi connectivity index (χ3v) is 4.20. The molecule has 7 nitrogen and oxygen atoms in total. The Morgan fingerprint density at radius 2 is 1.93 bits per heavy atom. The topological polar surface area (TPSA) is 92.8 Å². The van der Waals surface area contributed by atoms with Crippen molar-refractivity contribution >= 4 is 11.7 Å². The summed E-state index contributed by atoms with van der Waals surface area (Å²) in [6.45, 7) is 1.52. The lowest BCUT2D eigenvalue weighted by Crippen LogP contribution is -2.31. The number of carbonyl (C=O) groups is 2. The number of nitrogens with zero attached hydrogens (tertiary/aromatic N) is 2. The van der Waals surface area contributed by atoms with Crippen LogP contribution in [0, 0.1) is 11.3 Å². The highest BCUT2D eigenvalue weighted by Crippen LogP contribution is 2.31. The first kappa shape index (κ1) is 18.5. The molecule has 0 atom stereocenters. The summed E-state index contributed by atoms with van der Waals surface area (Å²) in [5, 5.41) is 8.80. The van der Waals surface area contributed by atoms with E-state index in [2.05, 4.69) is 0 Å². The van der Waals surface area contributed by atoms with Crippen molar-refractivity contribution in [2.45, 2.75) is 25.8 Å². The first-order valence-electron chi connectivity index (χ1n) is 8.77. The van der Waals surface area contributed by atoms with Gasteiger partial charge in [-0.05, 0) is 30.3 Å². The van der Waals surface area contributed by atoms with Crippen LogP contribution in [0.25, 0.3) is 0 Å². The van der Waals surface area contributed by atoms with Crippen LogP contribution in [0.15, 0.2) is 41.0 Å². The molecule has 0 radical (unpaired) electrons. The quantitative estimate of drug-likeness (QED) is 0.665. The monoisotopic (exact) mass is 368 g/mol. The lowest BCUT2D eigenvalue weighted by atomic mass is 10.1. The molecule has 0 fully saturated rings. The number of nitriles is 1. The number of ketones is 1.